The number of rotatable bonds is 4. The summed E-state index contributed by atoms with van der Waals surface area (Å²) in [4.78, 5) is 13.0. The molecule has 3 heterocycles. The van der Waals surface area contributed by atoms with Gasteiger partial charge in [0.2, 0.25) is 5.89 Å². The van der Waals surface area contributed by atoms with Gasteiger partial charge in [0.25, 0.3) is 0 Å². The van der Waals surface area contributed by atoms with Crippen LogP contribution in [0.2, 0.25) is 0 Å². The third kappa shape index (κ3) is 3.91. The van der Waals surface area contributed by atoms with Crippen LogP contribution in [0.1, 0.15) is 37.2 Å². The van der Waals surface area contributed by atoms with E-state index in [0.717, 1.165) is 55.8 Å². The number of aryl methyl sites for hydroxylation is 1. The Balaban J connectivity index is 1.50. The first-order valence-corrected chi connectivity index (χ1v) is 9.64. The van der Waals surface area contributed by atoms with E-state index in [4.69, 9.17) is 4.52 Å². The van der Waals surface area contributed by atoms with Gasteiger partial charge in [-0.1, -0.05) is 18.1 Å². The number of aromatic nitrogens is 3. The number of piperazine rings is 1. The molecule has 1 atom stereocenters. The number of nitrogens with zero attached hydrogens (tertiary/aromatic N) is 5. The minimum atomic E-state index is -4.37. The number of hydrogen-bond acceptors (Lipinski definition) is 6. The largest absolute Gasteiger partial charge is 0.416 e. The summed E-state index contributed by atoms with van der Waals surface area (Å²) < 4.78 is 44.3. The van der Waals surface area contributed by atoms with Crippen LogP contribution >= 0.6 is 0 Å². The summed E-state index contributed by atoms with van der Waals surface area (Å²) in [7, 11) is 0. The molecule has 154 valence electrons. The maximum atomic E-state index is 13.0. The fourth-order valence-electron chi connectivity index (χ4n) is 3.67. The highest BCUT2D eigenvalue weighted by atomic mass is 19.4. The van der Waals surface area contributed by atoms with Gasteiger partial charge in [-0.25, -0.2) is 0 Å². The molecule has 29 heavy (non-hydrogen) atoms. The van der Waals surface area contributed by atoms with E-state index in [1.807, 2.05) is 19.9 Å². The Morgan fingerprint density at radius 2 is 1.90 bits per heavy atom. The van der Waals surface area contributed by atoms with Gasteiger partial charge in [-0.3, -0.25) is 9.88 Å². The number of fused-ring (bicyclic) bond motifs is 1. The lowest BCUT2D eigenvalue weighted by molar-refractivity contribution is -0.137. The molecule has 1 aromatic carbocycles. The standard InChI is InChI=1S/C20H22F3N5O/c1-3-18-25-19(29-26-18)13(2)27-8-10-28(11-9-27)17-6-7-24-16-12-14(20(21,22)23)4-5-15(16)17/h4-7,12-13H,3,8-11H2,1-2H3. The van der Waals surface area contributed by atoms with Gasteiger partial charge in [0.05, 0.1) is 17.1 Å². The van der Waals surface area contributed by atoms with Crippen LogP contribution in [0.15, 0.2) is 35.0 Å². The van der Waals surface area contributed by atoms with Crippen molar-refractivity contribution < 1.29 is 17.7 Å². The molecule has 0 radical (unpaired) electrons. The lowest BCUT2D eigenvalue weighted by atomic mass is 10.1. The zero-order valence-electron chi connectivity index (χ0n) is 16.3. The second-order valence-electron chi connectivity index (χ2n) is 7.16. The Morgan fingerprint density at radius 1 is 1.14 bits per heavy atom. The monoisotopic (exact) mass is 405 g/mol. The van der Waals surface area contributed by atoms with Crippen LogP contribution in [0.3, 0.4) is 0 Å². The Hall–Kier alpha value is -2.68. The van der Waals surface area contributed by atoms with Crippen molar-refractivity contribution in [3.05, 3.63) is 47.7 Å². The molecule has 1 saturated heterocycles. The lowest BCUT2D eigenvalue weighted by Crippen LogP contribution is -2.47. The SMILES string of the molecule is CCc1noc(C(C)N2CCN(c3ccnc4cc(C(F)(F)F)ccc34)CC2)n1. The molecule has 3 aromatic rings. The molecule has 6 nitrogen and oxygen atoms in total. The summed E-state index contributed by atoms with van der Waals surface area (Å²) in [5.74, 6) is 1.32. The number of anilines is 1. The molecular weight excluding hydrogens is 383 g/mol. The van der Waals surface area contributed by atoms with Crippen LogP contribution in [0, 0.1) is 0 Å². The highest BCUT2D eigenvalue weighted by Gasteiger charge is 2.31. The average molecular weight is 405 g/mol. The average Bonchev–Trinajstić information content (AvgIpc) is 3.21. The van der Waals surface area contributed by atoms with Crippen molar-refractivity contribution in [2.24, 2.45) is 0 Å². The van der Waals surface area contributed by atoms with Crippen molar-refractivity contribution in [3.8, 4) is 0 Å². The molecule has 9 heteroatoms. The predicted molar refractivity (Wildman–Crippen MR) is 103 cm³/mol. The predicted octanol–water partition coefficient (Wildman–Crippen LogP) is 4.08. The summed E-state index contributed by atoms with van der Waals surface area (Å²) in [6, 6.07) is 5.62. The summed E-state index contributed by atoms with van der Waals surface area (Å²) in [6.45, 7) is 7.10. The third-order valence-electron chi connectivity index (χ3n) is 5.41. The number of benzene rings is 1. The van der Waals surface area contributed by atoms with Crippen LogP contribution in [0.4, 0.5) is 18.9 Å². The highest BCUT2D eigenvalue weighted by molar-refractivity contribution is 5.92. The maximum absolute atomic E-state index is 13.0. The first kappa shape index (κ1) is 19.6. The smallest absolute Gasteiger partial charge is 0.368 e. The van der Waals surface area contributed by atoms with E-state index in [1.54, 1.807) is 6.20 Å². The molecule has 1 unspecified atom stereocenters. The molecular formula is C20H22F3N5O. The topological polar surface area (TPSA) is 58.3 Å². The van der Waals surface area contributed by atoms with Gasteiger partial charge in [0.1, 0.15) is 0 Å². The van der Waals surface area contributed by atoms with Gasteiger partial charge in [-0.2, -0.15) is 18.2 Å². The molecule has 2 aromatic heterocycles. The lowest BCUT2D eigenvalue weighted by Gasteiger charge is -2.38. The minimum absolute atomic E-state index is 0.0217. The van der Waals surface area contributed by atoms with Gasteiger partial charge in [0, 0.05) is 49.9 Å². The fourth-order valence-corrected chi connectivity index (χ4v) is 3.67. The van der Waals surface area contributed by atoms with E-state index in [0.29, 0.717) is 17.2 Å². The van der Waals surface area contributed by atoms with Crippen molar-refractivity contribution in [1.29, 1.82) is 0 Å². The molecule has 0 saturated carbocycles. The van der Waals surface area contributed by atoms with Crippen LogP contribution in [-0.2, 0) is 12.6 Å². The Labute approximate surface area is 166 Å². The van der Waals surface area contributed by atoms with Crippen LogP contribution in [0.25, 0.3) is 10.9 Å². The van der Waals surface area contributed by atoms with Crippen molar-refractivity contribution in [1.82, 2.24) is 20.0 Å². The normalized spacial score (nSPS) is 17.1. The van der Waals surface area contributed by atoms with Crippen LogP contribution in [-0.4, -0.2) is 46.2 Å². The highest BCUT2D eigenvalue weighted by Crippen LogP contribution is 2.34. The fraction of sp³-hybridized carbons (Fsp3) is 0.450. The van der Waals surface area contributed by atoms with Gasteiger partial charge in [0.15, 0.2) is 5.82 Å². The first-order valence-electron chi connectivity index (χ1n) is 9.64. The Morgan fingerprint density at radius 3 is 2.55 bits per heavy atom. The summed E-state index contributed by atoms with van der Waals surface area (Å²) in [5, 5.41) is 4.69. The van der Waals surface area contributed by atoms with Gasteiger partial charge in [-0.05, 0) is 25.1 Å². The van der Waals surface area contributed by atoms with Crippen molar-refractivity contribution >= 4 is 16.6 Å². The van der Waals surface area contributed by atoms with E-state index in [2.05, 4.69) is 24.9 Å². The summed E-state index contributed by atoms with van der Waals surface area (Å²) >= 11 is 0. The summed E-state index contributed by atoms with van der Waals surface area (Å²) in [6.07, 6.45) is -2.08. The second-order valence-corrected chi connectivity index (χ2v) is 7.16. The zero-order valence-corrected chi connectivity index (χ0v) is 16.3. The molecule has 0 N–H and O–H groups in total. The molecule has 0 aliphatic carbocycles. The van der Waals surface area contributed by atoms with Gasteiger partial charge < -0.3 is 9.42 Å². The molecule has 1 aliphatic rings. The number of hydrogen-bond donors (Lipinski definition) is 0. The van der Waals surface area contributed by atoms with Crippen molar-refractivity contribution in [3.63, 3.8) is 0 Å². The van der Waals surface area contributed by atoms with E-state index in [9.17, 15) is 13.2 Å². The van der Waals surface area contributed by atoms with Crippen LogP contribution < -0.4 is 4.90 Å². The Kier molecular flexibility index (Phi) is 5.16. The van der Waals surface area contributed by atoms with E-state index in [1.165, 1.54) is 6.07 Å². The van der Waals surface area contributed by atoms with E-state index in [-0.39, 0.29) is 6.04 Å². The summed E-state index contributed by atoms with van der Waals surface area (Å²) in [5.41, 5.74) is 0.576. The molecule has 1 aliphatic heterocycles. The van der Waals surface area contributed by atoms with Gasteiger partial charge >= 0.3 is 6.18 Å². The maximum Gasteiger partial charge on any atom is 0.416 e. The van der Waals surface area contributed by atoms with E-state index < -0.39 is 11.7 Å². The molecule has 1 fully saturated rings. The Bertz CT molecular complexity index is 995. The first-order chi connectivity index (χ1) is 13.9. The minimum Gasteiger partial charge on any atom is -0.368 e. The molecule has 0 bridgehead atoms. The number of halogens is 3. The number of alkyl halides is 3. The second kappa shape index (κ2) is 7.62. The zero-order chi connectivity index (χ0) is 20.6. The van der Waals surface area contributed by atoms with Crippen molar-refractivity contribution in [2.75, 3.05) is 31.1 Å². The van der Waals surface area contributed by atoms with E-state index >= 15 is 0 Å². The number of pyridine rings is 1. The van der Waals surface area contributed by atoms with Gasteiger partial charge in [-0.15, -0.1) is 0 Å². The molecule has 4 rings (SSSR count). The third-order valence-corrected chi connectivity index (χ3v) is 5.41. The van der Waals surface area contributed by atoms with Crippen LogP contribution in [0.5, 0.6) is 0 Å². The van der Waals surface area contributed by atoms with Crippen molar-refractivity contribution in [2.45, 2.75) is 32.5 Å². The molecule has 0 spiro atoms. The quantitative estimate of drug-likeness (QED) is 0.652. The molecule has 0 amide bonds.